The van der Waals surface area contributed by atoms with E-state index in [2.05, 4.69) is 15.3 Å². The van der Waals surface area contributed by atoms with Crippen LogP contribution in [0.25, 0.3) is 0 Å². The molecule has 3 aromatic rings. The van der Waals surface area contributed by atoms with E-state index < -0.39 is 4.92 Å². The third-order valence-corrected chi connectivity index (χ3v) is 3.21. The normalized spacial score (nSPS) is 10.2. The van der Waals surface area contributed by atoms with E-state index in [1.807, 2.05) is 54.6 Å². The first-order valence-electron chi connectivity index (χ1n) is 7.21. The number of ether oxygens (including phenoxy) is 1. The van der Waals surface area contributed by atoms with Gasteiger partial charge in [0.2, 0.25) is 5.95 Å². The van der Waals surface area contributed by atoms with Gasteiger partial charge in [-0.15, -0.1) is 0 Å². The Hall–Kier alpha value is -3.48. The highest BCUT2D eigenvalue weighted by atomic mass is 16.6. The van der Waals surface area contributed by atoms with Gasteiger partial charge in [-0.05, 0) is 29.8 Å². The predicted octanol–water partition coefficient (Wildman–Crippen LogP) is 3.71. The molecule has 0 aliphatic carbocycles. The molecule has 7 nitrogen and oxygen atoms in total. The molecule has 1 heterocycles. The molecule has 0 aliphatic heterocycles. The van der Waals surface area contributed by atoms with Gasteiger partial charge in [0.05, 0.1) is 4.92 Å². The topological polar surface area (TPSA) is 90.2 Å². The van der Waals surface area contributed by atoms with E-state index in [1.165, 1.54) is 0 Å². The minimum Gasteiger partial charge on any atom is -0.489 e. The first kappa shape index (κ1) is 15.4. The molecule has 0 saturated carbocycles. The first-order chi connectivity index (χ1) is 11.7. The molecule has 1 aromatic heterocycles. The van der Waals surface area contributed by atoms with Crippen molar-refractivity contribution in [2.45, 2.75) is 6.61 Å². The number of benzene rings is 2. The van der Waals surface area contributed by atoms with Crippen LogP contribution in [0.4, 0.5) is 17.3 Å². The fourth-order valence-corrected chi connectivity index (χ4v) is 1.98. The number of hydrogen-bond acceptors (Lipinski definition) is 6. The average molecular weight is 322 g/mol. The van der Waals surface area contributed by atoms with Crippen LogP contribution in [0.15, 0.2) is 67.0 Å². The van der Waals surface area contributed by atoms with Gasteiger partial charge in [-0.3, -0.25) is 10.1 Å². The number of nitro groups is 1. The lowest BCUT2D eigenvalue weighted by Gasteiger charge is -2.08. The number of hydrogen-bond donors (Lipinski definition) is 1. The van der Waals surface area contributed by atoms with Crippen molar-refractivity contribution in [3.05, 3.63) is 82.7 Å². The zero-order chi connectivity index (χ0) is 16.8. The molecule has 0 atom stereocenters. The fraction of sp³-hybridized carbons (Fsp3) is 0.0588. The van der Waals surface area contributed by atoms with E-state index in [9.17, 15) is 10.1 Å². The van der Waals surface area contributed by atoms with Crippen LogP contribution in [0.5, 0.6) is 5.75 Å². The highest BCUT2D eigenvalue weighted by Crippen LogP contribution is 2.19. The third-order valence-electron chi connectivity index (χ3n) is 3.21. The summed E-state index contributed by atoms with van der Waals surface area (Å²) in [5.74, 6) is 1.03. The highest BCUT2D eigenvalue weighted by molar-refractivity contribution is 5.54. The minimum absolute atomic E-state index is 0.148. The van der Waals surface area contributed by atoms with Crippen LogP contribution in [0.1, 0.15) is 5.56 Å². The molecule has 7 heteroatoms. The van der Waals surface area contributed by atoms with Crippen LogP contribution in [-0.2, 0) is 6.61 Å². The van der Waals surface area contributed by atoms with Gasteiger partial charge in [0, 0.05) is 5.69 Å². The van der Waals surface area contributed by atoms with E-state index in [4.69, 9.17) is 4.74 Å². The number of anilines is 2. The Balaban J connectivity index is 1.59. The van der Waals surface area contributed by atoms with Gasteiger partial charge >= 0.3 is 5.69 Å². The van der Waals surface area contributed by atoms with Crippen molar-refractivity contribution < 1.29 is 9.66 Å². The molecule has 120 valence electrons. The Kier molecular flexibility index (Phi) is 4.62. The molecule has 0 radical (unpaired) electrons. The molecular formula is C17H14N4O3. The zero-order valence-corrected chi connectivity index (χ0v) is 12.6. The van der Waals surface area contributed by atoms with Crippen molar-refractivity contribution in [1.82, 2.24) is 9.97 Å². The largest absolute Gasteiger partial charge is 0.489 e. The predicted molar refractivity (Wildman–Crippen MR) is 89.2 cm³/mol. The van der Waals surface area contributed by atoms with Gasteiger partial charge in [0.1, 0.15) is 24.8 Å². The maximum atomic E-state index is 10.6. The minimum atomic E-state index is -0.539. The van der Waals surface area contributed by atoms with E-state index in [1.54, 1.807) is 0 Å². The summed E-state index contributed by atoms with van der Waals surface area (Å²) in [6.07, 6.45) is 2.32. The third kappa shape index (κ3) is 4.04. The van der Waals surface area contributed by atoms with Crippen LogP contribution in [0.2, 0.25) is 0 Å². The van der Waals surface area contributed by atoms with Crippen molar-refractivity contribution in [2.75, 3.05) is 5.32 Å². The summed E-state index contributed by atoms with van der Waals surface area (Å²) in [6, 6.07) is 17.2. The van der Waals surface area contributed by atoms with E-state index in [0.29, 0.717) is 12.6 Å². The van der Waals surface area contributed by atoms with Crippen molar-refractivity contribution >= 4 is 17.3 Å². The quantitative estimate of drug-likeness (QED) is 0.549. The molecule has 24 heavy (non-hydrogen) atoms. The Morgan fingerprint density at radius 3 is 2.29 bits per heavy atom. The summed E-state index contributed by atoms with van der Waals surface area (Å²) in [7, 11) is 0. The Morgan fingerprint density at radius 2 is 1.67 bits per heavy atom. The Morgan fingerprint density at radius 1 is 1.00 bits per heavy atom. The smallest absolute Gasteiger partial charge is 0.305 e. The molecule has 0 saturated heterocycles. The van der Waals surface area contributed by atoms with Gasteiger partial charge in [0.15, 0.2) is 0 Å². The highest BCUT2D eigenvalue weighted by Gasteiger charge is 2.06. The second kappa shape index (κ2) is 7.19. The van der Waals surface area contributed by atoms with Gasteiger partial charge < -0.3 is 10.1 Å². The number of nitrogens with zero attached hydrogens (tertiary/aromatic N) is 3. The maximum Gasteiger partial charge on any atom is 0.305 e. The summed E-state index contributed by atoms with van der Waals surface area (Å²) in [4.78, 5) is 17.8. The van der Waals surface area contributed by atoms with E-state index in [-0.39, 0.29) is 5.69 Å². The lowest BCUT2D eigenvalue weighted by Crippen LogP contribution is -1.99. The second-order valence-corrected chi connectivity index (χ2v) is 4.95. The molecule has 0 amide bonds. The molecule has 0 unspecified atom stereocenters. The molecule has 1 N–H and O–H groups in total. The lowest BCUT2D eigenvalue weighted by atomic mass is 10.2. The summed E-state index contributed by atoms with van der Waals surface area (Å²) in [5.41, 5.74) is 1.71. The van der Waals surface area contributed by atoms with Crippen molar-refractivity contribution in [3.63, 3.8) is 0 Å². The molecular weight excluding hydrogens is 308 g/mol. The summed E-state index contributed by atoms with van der Waals surface area (Å²) in [5, 5.41) is 13.5. The number of rotatable bonds is 6. The standard InChI is InChI=1S/C17H14N4O3/c22-21(23)15-10-18-17(19-11-15)20-14-6-8-16(9-7-14)24-12-13-4-2-1-3-5-13/h1-11H,12H2,(H,18,19,20). The van der Waals surface area contributed by atoms with E-state index >= 15 is 0 Å². The Labute approximate surface area is 138 Å². The van der Waals surface area contributed by atoms with Crippen LogP contribution in [-0.4, -0.2) is 14.9 Å². The van der Waals surface area contributed by atoms with Crippen molar-refractivity contribution in [3.8, 4) is 5.75 Å². The molecule has 2 aromatic carbocycles. The van der Waals surface area contributed by atoms with Gasteiger partial charge in [-0.2, -0.15) is 0 Å². The molecule has 3 rings (SSSR count). The van der Waals surface area contributed by atoms with Gasteiger partial charge in [-0.1, -0.05) is 30.3 Å². The lowest BCUT2D eigenvalue weighted by molar-refractivity contribution is -0.385. The van der Waals surface area contributed by atoms with Crippen LogP contribution < -0.4 is 10.1 Å². The van der Waals surface area contributed by atoms with Gasteiger partial charge in [0.25, 0.3) is 0 Å². The van der Waals surface area contributed by atoms with Crippen LogP contribution in [0, 0.1) is 10.1 Å². The average Bonchev–Trinajstić information content (AvgIpc) is 2.62. The van der Waals surface area contributed by atoms with Crippen LogP contribution >= 0.6 is 0 Å². The second-order valence-electron chi connectivity index (χ2n) is 4.95. The maximum absolute atomic E-state index is 10.6. The molecule has 0 spiro atoms. The summed E-state index contributed by atoms with van der Waals surface area (Å²) in [6.45, 7) is 0.499. The first-order valence-corrected chi connectivity index (χ1v) is 7.21. The number of aromatic nitrogens is 2. The van der Waals surface area contributed by atoms with E-state index in [0.717, 1.165) is 29.4 Å². The van der Waals surface area contributed by atoms with Crippen LogP contribution in [0.3, 0.4) is 0 Å². The van der Waals surface area contributed by atoms with Crippen molar-refractivity contribution in [1.29, 1.82) is 0 Å². The summed E-state index contributed by atoms with van der Waals surface area (Å²) >= 11 is 0. The number of nitrogens with one attached hydrogen (secondary N) is 1. The van der Waals surface area contributed by atoms with Gasteiger partial charge in [-0.25, -0.2) is 9.97 Å². The van der Waals surface area contributed by atoms with Crippen molar-refractivity contribution in [2.24, 2.45) is 0 Å². The SMILES string of the molecule is O=[N+]([O-])c1cnc(Nc2ccc(OCc3ccccc3)cc2)nc1. The summed E-state index contributed by atoms with van der Waals surface area (Å²) < 4.78 is 5.71. The Bertz CT molecular complexity index is 806. The molecule has 0 bridgehead atoms. The fourth-order valence-electron chi connectivity index (χ4n) is 1.98. The molecule has 0 aliphatic rings. The zero-order valence-electron chi connectivity index (χ0n) is 12.6. The monoisotopic (exact) mass is 322 g/mol. The molecule has 0 fully saturated rings.